The SMILES string of the molecule is CN(CC1(O)CCCC1)C(=O)C1(C)CCCN1. The largest absolute Gasteiger partial charge is 0.388 e. The van der Waals surface area contributed by atoms with E-state index in [1.54, 1.807) is 4.90 Å². The summed E-state index contributed by atoms with van der Waals surface area (Å²) in [6.07, 6.45) is 5.76. The van der Waals surface area contributed by atoms with E-state index in [2.05, 4.69) is 5.32 Å². The summed E-state index contributed by atoms with van der Waals surface area (Å²) in [7, 11) is 1.81. The summed E-state index contributed by atoms with van der Waals surface area (Å²) in [4.78, 5) is 14.1. The van der Waals surface area contributed by atoms with Crippen LogP contribution in [-0.2, 0) is 4.79 Å². The molecule has 1 aliphatic carbocycles. The second kappa shape index (κ2) is 4.58. The first-order chi connectivity index (χ1) is 7.95. The summed E-state index contributed by atoms with van der Waals surface area (Å²) in [5.74, 6) is 0.121. The molecule has 0 aromatic heterocycles. The van der Waals surface area contributed by atoms with Crippen molar-refractivity contribution in [2.45, 2.75) is 56.6 Å². The topological polar surface area (TPSA) is 52.6 Å². The molecule has 17 heavy (non-hydrogen) atoms. The van der Waals surface area contributed by atoms with Crippen LogP contribution in [0.3, 0.4) is 0 Å². The number of carbonyl (C=O) groups is 1. The van der Waals surface area contributed by atoms with Crippen molar-refractivity contribution < 1.29 is 9.90 Å². The van der Waals surface area contributed by atoms with Crippen molar-refractivity contribution in [2.24, 2.45) is 0 Å². The Labute approximate surface area is 103 Å². The van der Waals surface area contributed by atoms with Crippen LogP contribution in [0.15, 0.2) is 0 Å². The molecular weight excluding hydrogens is 216 g/mol. The zero-order chi connectivity index (χ0) is 12.5. The Morgan fingerprint density at radius 1 is 1.29 bits per heavy atom. The third-order valence-corrected chi connectivity index (χ3v) is 4.25. The van der Waals surface area contributed by atoms with E-state index in [0.717, 1.165) is 45.1 Å². The van der Waals surface area contributed by atoms with Crippen LogP contribution in [0.5, 0.6) is 0 Å². The number of carbonyl (C=O) groups excluding carboxylic acids is 1. The highest BCUT2D eigenvalue weighted by atomic mass is 16.3. The first kappa shape index (κ1) is 12.8. The molecule has 4 nitrogen and oxygen atoms in total. The maximum Gasteiger partial charge on any atom is 0.242 e. The van der Waals surface area contributed by atoms with Gasteiger partial charge in [-0.1, -0.05) is 12.8 Å². The van der Waals surface area contributed by atoms with Gasteiger partial charge in [0.25, 0.3) is 0 Å². The zero-order valence-electron chi connectivity index (χ0n) is 11.0. The monoisotopic (exact) mass is 240 g/mol. The van der Waals surface area contributed by atoms with Crippen LogP contribution in [0.1, 0.15) is 45.4 Å². The minimum Gasteiger partial charge on any atom is -0.388 e. The molecule has 1 aliphatic heterocycles. The summed E-state index contributed by atoms with van der Waals surface area (Å²) in [5.41, 5.74) is -1.05. The average Bonchev–Trinajstić information content (AvgIpc) is 2.87. The van der Waals surface area contributed by atoms with Crippen LogP contribution in [0.2, 0.25) is 0 Å². The molecule has 1 saturated carbocycles. The van der Waals surface area contributed by atoms with Crippen LogP contribution >= 0.6 is 0 Å². The van der Waals surface area contributed by atoms with E-state index in [9.17, 15) is 9.90 Å². The van der Waals surface area contributed by atoms with Crippen LogP contribution in [0, 0.1) is 0 Å². The number of hydrogen-bond donors (Lipinski definition) is 2. The van der Waals surface area contributed by atoms with Gasteiger partial charge in [-0.25, -0.2) is 0 Å². The minimum atomic E-state index is -0.640. The molecule has 0 bridgehead atoms. The normalized spacial score (nSPS) is 31.7. The van der Waals surface area contributed by atoms with E-state index in [1.165, 1.54) is 0 Å². The van der Waals surface area contributed by atoms with Crippen molar-refractivity contribution in [3.63, 3.8) is 0 Å². The van der Waals surface area contributed by atoms with Gasteiger partial charge in [-0.3, -0.25) is 4.79 Å². The van der Waals surface area contributed by atoms with Gasteiger partial charge in [-0.05, 0) is 39.2 Å². The molecule has 1 heterocycles. The molecule has 0 aromatic rings. The van der Waals surface area contributed by atoms with E-state index in [1.807, 2.05) is 14.0 Å². The fraction of sp³-hybridized carbons (Fsp3) is 0.923. The summed E-state index contributed by atoms with van der Waals surface area (Å²) in [5, 5.41) is 13.6. The molecule has 0 radical (unpaired) electrons. The summed E-state index contributed by atoms with van der Waals surface area (Å²) in [6.45, 7) is 3.36. The quantitative estimate of drug-likeness (QED) is 0.770. The van der Waals surface area contributed by atoms with E-state index in [0.29, 0.717) is 6.54 Å². The van der Waals surface area contributed by atoms with E-state index >= 15 is 0 Å². The highest BCUT2D eigenvalue weighted by Crippen LogP contribution is 2.31. The molecule has 4 heteroatoms. The van der Waals surface area contributed by atoms with Crippen molar-refractivity contribution in [2.75, 3.05) is 20.1 Å². The van der Waals surface area contributed by atoms with Crippen molar-refractivity contribution in [3.8, 4) is 0 Å². The molecule has 1 saturated heterocycles. The Bertz CT molecular complexity index is 292. The lowest BCUT2D eigenvalue weighted by Gasteiger charge is -2.34. The Kier molecular flexibility index (Phi) is 3.46. The third kappa shape index (κ3) is 2.63. The summed E-state index contributed by atoms with van der Waals surface area (Å²) in [6, 6.07) is 0. The van der Waals surface area contributed by atoms with Gasteiger partial charge in [0, 0.05) is 13.6 Å². The van der Waals surface area contributed by atoms with Crippen molar-refractivity contribution >= 4 is 5.91 Å². The lowest BCUT2D eigenvalue weighted by atomic mass is 9.96. The molecule has 0 aromatic carbocycles. The third-order valence-electron chi connectivity index (χ3n) is 4.25. The molecule has 2 aliphatic rings. The molecule has 1 amide bonds. The molecule has 2 N–H and O–H groups in total. The molecule has 0 spiro atoms. The van der Waals surface area contributed by atoms with Gasteiger partial charge in [-0.15, -0.1) is 0 Å². The first-order valence-corrected chi connectivity index (χ1v) is 6.68. The van der Waals surface area contributed by atoms with Gasteiger partial charge in [-0.2, -0.15) is 0 Å². The molecule has 2 fully saturated rings. The fourth-order valence-corrected chi connectivity index (χ4v) is 3.20. The predicted molar refractivity (Wildman–Crippen MR) is 66.7 cm³/mol. The number of likely N-dealkylation sites (N-methyl/N-ethyl adjacent to an activating group) is 1. The number of rotatable bonds is 3. The summed E-state index contributed by atoms with van der Waals surface area (Å²) >= 11 is 0. The van der Waals surface area contributed by atoms with Gasteiger partial charge < -0.3 is 15.3 Å². The van der Waals surface area contributed by atoms with Gasteiger partial charge in [0.2, 0.25) is 5.91 Å². The average molecular weight is 240 g/mol. The Balaban J connectivity index is 1.95. The Morgan fingerprint density at radius 3 is 2.47 bits per heavy atom. The van der Waals surface area contributed by atoms with E-state index < -0.39 is 11.1 Å². The maximum absolute atomic E-state index is 12.3. The first-order valence-electron chi connectivity index (χ1n) is 6.68. The smallest absolute Gasteiger partial charge is 0.242 e. The van der Waals surface area contributed by atoms with Gasteiger partial charge in [0.1, 0.15) is 0 Å². The van der Waals surface area contributed by atoms with Crippen LogP contribution in [-0.4, -0.2) is 47.2 Å². The van der Waals surface area contributed by atoms with Crippen LogP contribution in [0.4, 0.5) is 0 Å². The lowest BCUT2D eigenvalue weighted by Crippen LogP contribution is -2.54. The Morgan fingerprint density at radius 2 is 1.94 bits per heavy atom. The number of amides is 1. The highest BCUT2D eigenvalue weighted by molar-refractivity contribution is 5.86. The molecule has 2 rings (SSSR count). The standard InChI is InChI=1S/C13H24N2O2/c1-12(6-5-9-14-12)11(16)15(2)10-13(17)7-3-4-8-13/h14,17H,3-10H2,1-2H3. The van der Waals surface area contributed by atoms with Crippen molar-refractivity contribution in [3.05, 3.63) is 0 Å². The maximum atomic E-state index is 12.3. The van der Waals surface area contributed by atoms with Crippen molar-refractivity contribution in [1.29, 1.82) is 0 Å². The number of nitrogens with zero attached hydrogens (tertiary/aromatic N) is 1. The highest BCUT2D eigenvalue weighted by Gasteiger charge is 2.40. The minimum absolute atomic E-state index is 0.121. The second-order valence-corrected chi connectivity index (χ2v) is 5.96. The summed E-state index contributed by atoms with van der Waals surface area (Å²) < 4.78 is 0. The number of hydrogen-bond acceptors (Lipinski definition) is 3. The molecule has 1 unspecified atom stereocenters. The van der Waals surface area contributed by atoms with Crippen molar-refractivity contribution in [1.82, 2.24) is 10.2 Å². The lowest BCUT2D eigenvalue weighted by molar-refractivity contribution is -0.139. The fourth-order valence-electron chi connectivity index (χ4n) is 3.20. The molecule has 1 atom stereocenters. The van der Waals surface area contributed by atoms with E-state index in [-0.39, 0.29) is 5.91 Å². The molecular formula is C13H24N2O2. The molecule has 98 valence electrons. The number of aliphatic hydroxyl groups is 1. The second-order valence-electron chi connectivity index (χ2n) is 5.96. The van der Waals surface area contributed by atoms with Gasteiger partial charge >= 0.3 is 0 Å². The Hall–Kier alpha value is -0.610. The zero-order valence-corrected chi connectivity index (χ0v) is 11.0. The van der Waals surface area contributed by atoms with Crippen LogP contribution in [0.25, 0.3) is 0 Å². The van der Waals surface area contributed by atoms with E-state index in [4.69, 9.17) is 0 Å². The van der Waals surface area contributed by atoms with Gasteiger partial charge in [0.15, 0.2) is 0 Å². The number of nitrogens with one attached hydrogen (secondary N) is 1. The van der Waals surface area contributed by atoms with Gasteiger partial charge in [0.05, 0.1) is 11.1 Å². The van der Waals surface area contributed by atoms with Crippen LogP contribution < -0.4 is 5.32 Å². The predicted octanol–water partition coefficient (Wildman–Crippen LogP) is 0.892.